The van der Waals surface area contributed by atoms with Crippen molar-refractivity contribution >= 4 is 34.1 Å². The largest absolute Gasteiger partial charge is 0.328 e. The molecule has 0 bridgehead atoms. The first-order chi connectivity index (χ1) is 14.5. The summed E-state index contributed by atoms with van der Waals surface area (Å²) in [5.74, 6) is 1.55. The molecule has 0 fully saturated rings. The SMILES string of the molecule is CN(CCCn1c2c(c(=O)[nH]c1=O)CSCC2)S(=O)c1ccc(-c2cncnc2)s1. The summed E-state index contributed by atoms with van der Waals surface area (Å²) in [7, 11) is 0.521. The second kappa shape index (κ2) is 9.38. The fourth-order valence-corrected chi connectivity index (χ4v) is 6.77. The number of hydrogen-bond acceptors (Lipinski definition) is 7. The van der Waals surface area contributed by atoms with Crippen LogP contribution in [0.4, 0.5) is 0 Å². The van der Waals surface area contributed by atoms with Crippen molar-refractivity contribution in [1.82, 2.24) is 23.8 Å². The number of H-pyrrole nitrogens is 1. The topological polar surface area (TPSA) is 101 Å². The van der Waals surface area contributed by atoms with Crippen molar-refractivity contribution in [2.75, 3.05) is 19.3 Å². The summed E-state index contributed by atoms with van der Waals surface area (Å²) in [5, 5.41) is 0. The van der Waals surface area contributed by atoms with E-state index in [-0.39, 0.29) is 11.2 Å². The van der Waals surface area contributed by atoms with Crippen molar-refractivity contribution in [3.8, 4) is 10.4 Å². The Bertz CT molecular complexity index is 1170. The first-order valence-corrected chi connectivity index (χ1v) is 12.5. The Hall–Kier alpha value is -2.08. The van der Waals surface area contributed by atoms with Gasteiger partial charge in [-0.15, -0.1) is 11.3 Å². The second-order valence-corrected chi connectivity index (χ2v) is 10.8. The Morgan fingerprint density at radius 1 is 1.27 bits per heavy atom. The summed E-state index contributed by atoms with van der Waals surface area (Å²) >= 11 is 3.16. The predicted octanol–water partition coefficient (Wildman–Crippen LogP) is 1.89. The third-order valence-electron chi connectivity index (χ3n) is 4.88. The van der Waals surface area contributed by atoms with Crippen LogP contribution in [0.2, 0.25) is 0 Å². The van der Waals surface area contributed by atoms with Gasteiger partial charge in [0, 0.05) is 60.0 Å². The molecule has 3 aromatic heterocycles. The highest BCUT2D eigenvalue weighted by atomic mass is 32.2. The molecule has 0 saturated carbocycles. The van der Waals surface area contributed by atoms with E-state index in [2.05, 4.69) is 15.0 Å². The molecule has 4 rings (SSSR count). The van der Waals surface area contributed by atoms with Gasteiger partial charge in [-0.25, -0.2) is 23.3 Å². The van der Waals surface area contributed by atoms with Crippen LogP contribution >= 0.6 is 23.1 Å². The molecule has 1 aliphatic heterocycles. The third-order valence-corrected chi connectivity index (χ3v) is 8.70. The molecule has 0 aliphatic carbocycles. The van der Waals surface area contributed by atoms with Crippen LogP contribution in [0.15, 0.2) is 44.7 Å². The molecule has 11 heteroatoms. The molecule has 30 heavy (non-hydrogen) atoms. The molecule has 1 unspecified atom stereocenters. The van der Waals surface area contributed by atoms with Gasteiger partial charge in [0.05, 0.1) is 0 Å². The highest BCUT2D eigenvalue weighted by Gasteiger charge is 2.19. The zero-order valence-corrected chi connectivity index (χ0v) is 18.8. The Labute approximate surface area is 184 Å². The van der Waals surface area contributed by atoms with Crippen LogP contribution in [0, 0.1) is 0 Å². The highest BCUT2D eigenvalue weighted by molar-refractivity contribution is 7.98. The van der Waals surface area contributed by atoms with E-state index < -0.39 is 11.0 Å². The van der Waals surface area contributed by atoms with Crippen molar-refractivity contribution in [1.29, 1.82) is 0 Å². The van der Waals surface area contributed by atoms with E-state index in [4.69, 9.17) is 0 Å². The van der Waals surface area contributed by atoms with Crippen molar-refractivity contribution in [3.63, 3.8) is 0 Å². The van der Waals surface area contributed by atoms with Crippen LogP contribution in [0.5, 0.6) is 0 Å². The zero-order chi connectivity index (χ0) is 21.1. The van der Waals surface area contributed by atoms with Crippen LogP contribution in [-0.2, 0) is 29.7 Å². The van der Waals surface area contributed by atoms with Gasteiger partial charge in [-0.05, 0) is 30.7 Å². The van der Waals surface area contributed by atoms with Gasteiger partial charge < -0.3 is 0 Å². The first-order valence-electron chi connectivity index (χ1n) is 9.45. The van der Waals surface area contributed by atoms with E-state index >= 15 is 0 Å². The minimum Gasteiger partial charge on any atom is -0.297 e. The van der Waals surface area contributed by atoms with Crippen LogP contribution in [-0.4, -0.2) is 47.4 Å². The Morgan fingerprint density at radius 2 is 2.07 bits per heavy atom. The lowest BCUT2D eigenvalue weighted by atomic mass is 10.2. The smallest absolute Gasteiger partial charge is 0.297 e. The van der Waals surface area contributed by atoms with Gasteiger partial charge in [0.25, 0.3) is 5.56 Å². The van der Waals surface area contributed by atoms with E-state index in [1.165, 1.54) is 17.7 Å². The van der Waals surface area contributed by atoms with Crippen molar-refractivity contribution in [2.24, 2.45) is 0 Å². The minimum absolute atomic E-state index is 0.269. The van der Waals surface area contributed by atoms with Gasteiger partial charge in [-0.1, -0.05) is 0 Å². The molecule has 0 radical (unpaired) electrons. The van der Waals surface area contributed by atoms with Gasteiger partial charge in [0.15, 0.2) is 0 Å². The molecule has 158 valence electrons. The molecule has 0 amide bonds. The standard InChI is InChI=1S/C19H21N5O3S3/c1-23(30(27)17-4-3-16(29-17)13-9-20-12-21-10-13)6-2-7-24-15-5-8-28-11-14(15)18(25)22-19(24)26/h3-4,9-10,12H,2,5-8,11H2,1H3,(H,22,25,26). The van der Waals surface area contributed by atoms with Crippen LogP contribution in [0.1, 0.15) is 17.7 Å². The molecule has 0 aromatic carbocycles. The molecule has 8 nitrogen and oxygen atoms in total. The predicted molar refractivity (Wildman–Crippen MR) is 120 cm³/mol. The van der Waals surface area contributed by atoms with E-state index in [9.17, 15) is 13.8 Å². The molecular weight excluding hydrogens is 442 g/mol. The first kappa shape index (κ1) is 21.2. The van der Waals surface area contributed by atoms with Crippen molar-refractivity contribution in [2.45, 2.75) is 29.3 Å². The van der Waals surface area contributed by atoms with Crippen LogP contribution in [0.25, 0.3) is 10.4 Å². The molecular formula is C19H21N5O3S3. The van der Waals surface area contributed by atoms with Crippen molar-refractivity contribution < 1.29 is 4.21 Å². The lowest BCUT2D eigenvalue weighted by Crippen LogP contribution is -2.37. The van der Waals surface area contributed by atoms with E-state index in [1.807, 2.05) is 19.2 Å². The van der Waals surface area contributed by atoms with E-state index in [0.29, 0.717) is 30.8 Å². The van der Waals surface area contributed by atoms with Gasteiger partial charge in [-0.2, -0.15) is 11.8 Å². The summed E-state index contributed by atoms with van der Waals surface area (Å²) in [6.07, 6.45) is 6.32. The summed E-state index contributed by atoms with van der Waals surface area (Å²) in [6, 6.07) is 3.79. The molecule has 4 heterocycles. The van der Waals surface area contributed by atoms with Gasteiger partial charge >= 0.3 is 5.69 Å². The monoisotopic (exact) mass is 463 g/mol. The third kappa shape index (κ3) is 4.48. The average molecular weight is 464 g/mol. The molecule has 0 spiro atoms. The van der Waals surface area contributed by atoms with E-state index in [0.717, 1.165) is 32.5 Å². The van der Waals surface area contributed by atoms with E-state index in [1.54, 1.807) is 33.0 Å². The van der Waals surface area contributed by atoms with Crippen LogP contribution < -0.4 is 11.2 Å². The summed E-state index contributed by atoms with van der Waals surface area (Å²) in [5.41, 5.74) is 1.82. The molecule has 1 aliphatic rings. The fourth-order valence-electron chi connectivity index (χ4n) is 3.35. The number of nitrogens with zero attached hydrogens (tertiary/aromatic N) is 4. The van der Waals surface area contributed by atoms with Crippen LogP contribution in [0.3, 0.4) is 0 Å². The number of fused-ring (bicyclic) bond motifs is 1. The quantitative estimate of drug-likeness (QED) is 0.574. The number of hydrogen-bond donors (Lipinski definition) is 1. The molecule has 0 saturated heterocycles. The summed E-state index contributed by atoms with van der Waals surface area (Å²) < 4.78 is 17.1. The van der Waals surface area contributed by atoms with Crippen molar-refractivity contribution in [3.05, 3.63) is 62.9 Å². The highest BCUT2D eigenvalue weighted by Crippen LogP contribution is 2.29. The molecule has 1 atom stereocenters. The fraction of sp³-hybridized carbons (Fsp3) is 0.368. The number of rotatable bonds is 7. The average Bonchev–Trinajstić information content (AvgIpc) is 3.26. The Kier molecular flexibility index (Phi) is 6.61. The van der Waals surface area contributed by atoms with Gasteiger partial charge in [-0.3, -0.25) is 14.3 Å². The van der Waals surface area contributed by atoms with Gasteiger partial charge in [0.1, 0.15) is 21.5 Å². The molecule has 1 N–H and O–H groups in total. The second-order valence-electron chi connectivity index (χ2n) is 6.84. The normalized spacial score (nSPS) is 14.6. The lowest BCUT2D eigenvalue weighted by molar-refractivity contribution is 0.469. The number of thiophene rings is 1. The maximum absolute atomic E-state index is 12.9. The maximum atomic E-state index is 12.9. The molecule has 3 aromatic rings. The summed E-state index contributed by atoms with van der Waals surface area (Å²) in [6.45, 7) is 1.05. The van der Waals surface area contributed by atoms with Gasteiger partial charge in [0.2, 0.25) is 0 Å². The maximum Gasteiger partial charge on any atom is 0.328 e. The minimum atomic E-state index is -1.29. The number of aromatic nitrogens is 4. The number of nitrogens with one attached hydrogen (secondary N) is 1. The Balaban J connectivity index is 1.41. The summed E-state index contributed by atoms with van der Waals surface area (Å²) in [4.78, 5) is 35.8. The lowest BCUT2D eigenvalue weighted by Gasteiger charge is -2.20. The Morgan fingerprint density at radius 3 is 2.87 bits per heavy atom. The number of thioether (sulfide) groups is 1. The number of aromatic amines is 1. The zero-order valence-electron chi connectivity index (χ0n) is 16.4.